The smallest absolute Gasteiger partial charge is 0.335 e. The van der Waals surface area contributed by atoms with E-state index in [4.69, 9.17) is 5.11 Å². The lowest BCUT2D eigenvalue weighted by Crippen LogP contribution is -1.99. The highest BCUT2D eigenvalue weighted by Crippen LogP contribution is 2.23. The van der Waals surface area contributed by atoms with Gasteiger partial charge in [0.05, 0.1) is 26.3 Å². The minimum atomic E-state index is -1.09. The van der Waals surface area contributed by atoms with Crippen molar-refractivity contribution in [2.45, 2.75) is 9.96 Å². The highest BCUT2D eigenvalue weighted by Gasteiger charge is 2.11. The summed E-state index contributed by atoms with van der Waals surface area (Å²) in [6, 6.07) is 8.44. The van der Waals surface area contributed by atoms with Crippen LogP contribution >= 0.6 is 27.3 Å². The number of halogens is 1. The molecular weight excluding hydrogens is 336 g/mol. The number of hydrogen-bond donors (Lipinski definition) is 1. The van der Waals surface area contributed by atoms with Gasteiger partial charge >= 0.3 is 5.97 Å². The molecule has 0 bridgehead atoms. The number of benzene rings is 1. The van der Waals surface area contributed by atoms with Crippen LogP contribution in [-0.2, 0) is 16.6 Å². The molecule has 0 amide bonds. The van der Waals surface area contributed by atoms with Crippen molar-refractivity contribution < 1.29 is 14.1 Å². The fraction of sp³-hybridized carbons (Fsp3) is 0.0833. The van der Waals surface area contributed by atoms with E-state index in [1.807, 2.05) is 17.5 Å². The first-order valence-electron chi connectivity index (χ1n) is 5.01. The Morgan fingerprint density at radius 3 is 2.72 bits per heavy atom. The Balaban J connectivity index is 2.20. The zero-order chi connectivity index (χ0) is 13.1. The molecule has 0 aliphatic heterocycles. The summed E-state index contributed by atoms with van der Waals surface area (Å²) in [6.45, 7) is 0. The second-order valence-electron chi connectivity index (χ2n) is 3.53. The molecule has 2 aromatic rings. The summed E-state index contributed by atoms with van der Waals surface area (Å²) >= 11 is 4.77. The SMILES string of the molecule is O=C(O)c1ccc(CS(=O)c2cccs2)c(Br)c1. The van der Waals surface area contributed by atoms with Gasteiger partial charge in [0.1, 0.15) is 0 Å². The summed E-state index contributed by atoms with van der Waals surface area (Å²) in [5, 5.41) is 10.7. The highest BCUT2D eigenvalue weighted by molar-refractivity contribution is 9.10. The van der Waals surface area contributed by atoms with E-state index in [-0.39, 0.29) is 5.56 Å². The maximum Gasteiger partial charge on any atom is 0.335 e. The van der Waals surface area contributed by atoms with Crippen LogP contribution in [0.25, 0.3) is 0 Å². The van der Waals surface area contributed by atoms with Gasteiger partial charge in [-0.05, 0) is 29.1 Å². The van der Waals surface area contributed by atoms with Gasteiger partial charge in [0.15, 0.2) is 0 Å². The Kier molecular flexibility index (Phi) is 4.31. The van der Waals surface area contributed by atoms with E-state index in [1.165, 1.54) is 23.5 Å². The Hall–Kier alpha value is -0.980. The summed E-state index contributed by atoms with van der Waals surface area (Å²) in [4.78, 5) is 10.8. The van der Waals surface area contributed by atoms with E-state index in [0.29, 0.717) is 10.2 Å². The van der Waals surface area contributed by atoms with Crippen molar-refractivity contribution in [2.24, 2.45) is 0 Å². The summed E-state index contributed by atoms with van der Waals surface area (Å²) in [7, 11) is -1.09. The molecule has 1 heterocycles. The van der Waals surface area contributed by atoms with Crippen molar-refractivity contribution in [1.29, 1.82) is 0 Å². The van der Waals surface area contributed by atoms with E-state index in [9.17, 15) is 9.00 Å². The zero-order valence-corrected chi connectivity index (χ0v) is 12.3. The van der Waals surface area contributed by atoms with E-state index < -0.39 is 16.8 Å². The molecular formula is C12H9BrO3S2. The fourth-order valence-corrected chi connectivity index (χ4v) is 4.24. The third kappa shape index (κ3) is 3.07. The summed E-state index contributed by atoms with van der Waals surface area (Å²) in [6.07, 6.45) is 0. The predicted octanol–water partition coefficient (Wildman–Crippen LogP) is 3.52. The standard InChI is InChI=1S/C12H9BrO3S2/c13-10-6-8(12(14)15)3-4-9(10)7-18(16)11-2-1-5-17-11/h1-6H,7H2,(H,14,15). The Labute approximate surface area is 119 Å². The molecule has 1 atom stereocenters. The molecule has 6 heteroatoms. The van der Waals surface area contributed by atoms with Gasteiger partial charge in [0.2, 0.25) is 0 Å². The quantitative estimate of drug-likeness (QED) is 0.923. The minimum absolute atomic E-state index is 0.215. The molecule has 0 aliphatic rings. The topological polar surface area (TPSA) is 54.4 Å². The molecule has 1 N–H and O–H groups in total. The number of hydrogen-bond acceptors (Lipinski definition) is 3. The van der Waals surface area contributed by atoms with Crippen molar-refractivity contribution in [3.63, 3.8) is 0 Å². The minimum Gasteiger partial charge on any atom is -0.478 e. The molecule has 1 unspecified atom stereocenters. The van der Waals surface area contributed by atoms with Gasteiger partial charge in [-0.1, -0.05) is 28.1 Å². The lowest BCUT2D eigenvalue weighted by molar-refractivity contribution is 0.0697. The first kappa shape index (κ1) is 13.5. The van der Waals surface area contributed by atoms with E-state index >= 15 is 0 Å². The van der Waals surface area contributed by atoms with Gasteiger partial charge in [0.25, 0.3) is 0 Å². The van der Waals surface area contributed by atoms with Gasteiger partial charge in [0, 0.05) is 4.47 Å². The van der Waals surface area contributed by atoms with Crippen LogP contribution < -0.4 is 0 Å². The first-order valence-corrected chi connectivity index (χ1v) is 8.00. The number of rotatable bonds is 4. The third-order valence-electron chi connectivity index (χ3n) is 2.31. The molecule has 0 fully saturated rings. The van der Waals surface area contributed by atoms with Gasteiger partial charge < -0.3 is 5.11 Å². The molecule has 0 spiro atoms. The van der Waals surface area contributed by atoms with Crippen LogP contribution in [0.4, 0.5) is 0 Å². The molecule has 94 valence electrons. The Morgan fingerprint density at radius 2 is 2.17 bits per heavy atom. The molecule has 2 rings (SSSR count). The number of carboxylic acid groups (broad SMARTS) is 1. The maximum absolute atomic E-state index is 12.0. The maximum atomic E-state index is 12.0. The van der Waals surface area contributed by atoms with E-state index in [2.05, 4.69) is 15.9 Å². The van der Waals surface area contributed by atoms with Crippen molar-refractivity contribution in [3.8, 4) is 0 Å². The van der Waals surface area contributed by atoms with Crippen molar-refractivity contribution in [2.75, 3.05) is 0 Å². The second-order valence-corrected chi connectivity index (χ2v) is 7.01. The molecule has 0 saturated carbocycles. The van der Waals surface area contributed by atoms with Crippen LogP contribution in [0.3, 0.4) is 0 Å². The first-order chi connectivity index (χ1) is 8.58. The number of aromatic carboxylic acids is 1. The molecule has 0 saturated heterocycles. The number of carboxylic acids is 1. The van der Waals surface area contributed by atoms with Crippen LogP contribution in [0.15, 0.2) is 44.4 Å². The van der Waals surface area contributed by atoms with Crippen LogP contribution in [0, 0.1) is 0 Å². The van der Waals surface area contributed by atoms with Gasteiger partial charge in [-0.15, -0.1) is 11.3 Å². The molecule has 1 aromatic heterocycles. The monoisotopic (exact) mass is 344 g/mol. The number of carbonyl (C=O) groups is 1. The van der Waals surface area contributed by atoms with Crippen LogP contribution in [-0.4, -0.2) is 15.3 Å². The molecule has 0 radical (unpaired) electrons. The van der Waals surface area contributed by atoms with Crippen LogP contribution in [0.5, 0.6) is 0 Å². The summed E-state index contributed by atoms with van der Waals surface area (Å²) in [5.41, 5.74) is 1.05. The predicted molar refractivity (Wildman–Crippen MR) is 75.5 cm³/mol. The lowest BCUT2D eigenvalue weighted by Gasteiger charge is -2.04. The van der Waals surface area contributed by atoms with E-state index in [0.717, 1.165) is 9.77 Å². The molecule has 3 nitrogen and oxygen atoms in total. The third-order valence-corrected chi connectivity index (χ3v) is 5.71. The van der Waals surface area contributed by atoms with Crippen molar-refractivity contribution in [1.82, 2.24) is 0 Å². The Bertz CT molecular complexity index is 593. The van der Waals surface area contributed by atoms with Crippen LogP contribution in [0.1, 0.15) is 15.9 Å². The van der Waals surface area contributed by atoms with Crippen molar-refractivity contribution >= 4 is 44.0 Å². The normalized spacial score (nSPS) is 12.3. The summed E-state index contributed by atoms with van der Waals surface area (Å²) < 4.78 is 13.5. The largest absolute Gasteiger partial charge is 0.478 e. The van der Waals surface area contributed by atoms with Gasteiger partial charge in [-0.2, -0.15) is 0 Å². The average molecular weight is 345 g/mol. The van der Waals surface area contributed by atoms with Crippen LogP contribution in [0.2, 0.25) is 0 Å². The zero-order valence-electron chi connectivity index (χ0n) is 9.13. The molecule has 0 aliphatic carbocycles. The molecule has 18 heavy (non-hydrogen) atoms. The Morgan fingerprint density at radius 1 is 1.39 bits per heavy atom. The number of thiophene rings is 1. The second kappa shape index (κ2) is 5.77. The van der Waals surface area contributed by atoms with Gasteiger partial charge in [-0.3, -0.25) is 4.21 Å². The fourth-order valence-electron chi connectivity index (χ4n) is 1.40. The lowest BCUT2D eigenvalue weighted by atomic mass is 10.1. The van der Waals surface area contributed by atoms with E-state index in [1.54, 1.807) is 6.07 Å². The van der Waals surface area contributed by atoms with Gasteiger partial charge in [-0.25, -0.2) is 4.79 Å². The average Bonchev–Trinajstić information content (AvgIpc) is 2.85. The molecule has 1 aromatic carbocycles. The van der Waals surface area contributed by atoms with Crippen molar-refractivity contribution in [3.05, 3.63) is 51.3 Å². The highest BCUT2D eigenvalue weighted by atomic mass is 79.9. The summed E-state index contributed by atoms with van der Waals surface area (Å²) in [5.74, 6) is -0.595.